The smallest absolute Gasteiger partial charge is 0.416 e. The second-order valence-corrected chi connectivity index (χ2v) is 9.78. The van der Waals surface area contributed by atoms with Crippen LogP contribution in [0.15, 0.2) is 103 Å². The zero-order valence-electron chi connectivity index (χ0n) is 21.9. The molecule has 0 spiro atoms. The number of imidazole rings is 1. The van der Waals surface area contributed by atoms with Crippen molar-refractivity contribution in [1.82, 2.24) is 9.55 Å². The first-order valence-corrected chi connectivity index (χ1v) is 13.0. The van der Waals surface area contributed by atoms with Gasteiger partial charge in [0.05, 0.1) is 23.9 Å². The summed E-state index contributed by atoms with van der Waals surface area (Å²) in [4.78, 5) is 16.6. The van der Waals surface area contributed by atoms with Crippen molar-refractivity contribution < 1.29 is 22.7 Å². The van der Waals surface area contributed by atoms with Crippen molar-refractivity contribution in [2.45, 2.75) is 12.7 Å². The Morgan fingerprint density at radius 3 is 2.22 bits per heavy atom. The van der Waals surface area contributed by atoms with E-state index in [9.17, 15) is 18.0 Å². The molecule has 206 valence electrons. The Balaban J connectivity index is 1.41. The van der Waals surface area contributed by atoms with Gasteiger partial charge in [0.25, 0.3) is 0 Å². The SMILES string of the molecule is COC(=O)c1ccc(Cn2cc(-c3ccc(Cl)cc3)nc2/C=C/c2ccc(-c3cccc(C(F)(F)F)c3)cc2)cc1. The number of halogens is 4. The average Bonchev–Trinajstić information content (AvgIpc) is 3.38. The van der Waals surface area contributed by atoms with E-state index in [0.717, 1.165) is 34.5 Å². The van der Waals surface area contributed by atoms with Crippen LogP contribution in [-0.4, -0.2) is 22.6 Å². The van der Waals surface area contributed by atoms with Crippen molar-refractivity contribution in [3.05, 3.63) is 136 Å². The summed E-state index contributed by atoms with van der Waals surface area (Å²) >= 11 is 6.06. The van der Waals surface area contributed by atoms with Crippen LogP contribution in [0.4, 0.5) is 13.2 Å². The molecule has 4 aromatic carbocycles. The van der Waals surface area contributed by atoms with E-state index >= 15 is 0 Å². The highest BCUT2D eigenvalue weighted by Crippen LogP contribution is 2.32. The highest BCUT2D eigenvalue weighted by atomic mass is 35.5. The van der Waals surface area contributed by atoms with Crippen LogP contribution in [0.1, 0.15) is 32.9 Å². The van der Waals surface area contributed by atoms with Gasteiger partial charge in [0.2, 0.25) is 0 Å². The van der Waals surface area contributed by atoms with Crippen LogP contribution >= 0.6 is 11.6 Å². The van der Waals surface area contributed by atoms with Gasteiger partial charge in [-0.1, -0.05) is 78.3 Å². The number of esters is 1. The van der Waals surface area contributed by atoms with Crippen molar-refractivity contribution in [3.63, 3.8) is 0 Å². The summed E-state index contributed by atoms with van der Waals surface area (Å²) in [6, 6.07) is 27.2. The van der Waals surface area contributed by atoms with Gasteiger partial charge < -0.3 is 9.30 Å². The molecule has 1 heterocycles. The number of methoxy groups -OCH3 is 1. The van der Waals surface area contributed by atoms with Gasteiger partial charge in [-0.05, 0) is 64.7 Å². The predicted molar refractivity (Wildman–Crippen MR) is 155 cm³/mol. The van der Waals surface area contributed by atoms with Gasteiger partial charge in [0.1, 0.15) is 5.82 Å². The van der Waals surface area contributed by atoms with Crippen molar-refractivity contribution in [3.8, 4) is 22.4 Å². The van der Waals surface area contributed by atoms with E-state index in [4.69, 9.17) is 21.3 Å². The molecule has 5 aromatic rings. The molecule has 0 saturated carbocycles. The molecule has 0 amide bonds. The van der Waals surface area contributed by atoms with Gasteiger partial charge in [-0.25, -0.2) is 9.78 Å². The molecule has 41 heavy (non-hydrogen) atoms. The van der Waals surface area contributed by atoms with E-state index < -0.39 is 17.7 Å². The molecule has 0 aliphatic rings. The lowest BCUT2D eigenvalue weighted by Gasteiger charge is -2.09. The van der Waals surface area contributed by atoms with E-state index in [0.29, 0.717) is 34.1 Å². The molecule has 1 aromatic heterocycles. The lowest BCUT2D eigenvalue weighted by Crippen LogP contribution is -2.04. The van der Waals surface area contributed by atoms with Crippen LogP contribution in [0.2, 0.25) is 5.02 Å². The number of aromatic nitrogens is 2. The second kappa shape index (κ2) is 11.9. The normalized spacial score (nSPS) is 11.6. The van der Waals surface area contributed by atoms with Gasteiger partial charge in [-0.15, -0.1) is 0 Å². The fraction of sp³-hybridized carbons (Fsp3) is 0.0909. The number of rotatable bonds is 7. The number of ether oxygens (including phenoxy) is 1. The fourth-order valence-electron chi connectivity index (χ4n) is 4.34. The first kappa shape index (κ1) is 27.9. The molecule has 0 unspecified atom stereocenters. The maximum atomic E-state index is 13.1. The Morgan fingerprint density at radius 2 is 1.56 bits per heavy atom. The Bertz CT molecular complexity index is 1690. The van der Waals surface area contributed by atoms with Crippen LogP contribution in [0, 0.1) is 0 Å². The van der Waals surface area contributed by atoms with Crippen LogP contribution < -0.4 is 0 Å². The van der Waals surface area contributed by atoms with Gasteiger partial charge in [0, 0.05) is 23.3 Å². The molecule has 0 saturated heterocycles. The molecule has 0 bridgehead atoms. The molecular weight excluding hydrogens is 549 g/mol. The number of benzene rings is 4. The molecule has 4 nitrogen and oxygen atoms in total. The molecule has 0 radical (unpaired) electrons. The molecular formula is C33H24ClF3N2O2. The first-order chi connectivity index (χ1) is 19.7. The minimum Gasteiger partial charge on any atom is -0.465 e. The van der Waals surface area contributed by atoms with E-state index in [1.807, 2.05) is 71.4 Å². The Morgan fingerprint density at radius 1 is 0.878 bits per heavy atom. The molecule has 0 aliphatic carbocycles. The van der Waals surface area contributed by atoms with Gasteiger partial charge in [-0.2, -0.15) is 13.2 Å². The van der Waals surface area contributed by atoms with E-state index in [1.54, 1.807) is 30.3 Å². The van der Waals surface area contributed by atoms with Crippen LogP contribution in [0.3, 0.4) is 0 Å². The number of carbonyl (C=O) groups excluding carboxylic acids is 1. The first-order valence-electron chi connectivity index (χ1n) is 12.7. The Labute approximate surface area is 240 Å². The lowest BCUT2D eigenvalue weighted by molar-refractivity contribution is -0.137. The van der Waals surface area contributed by atoms with Gasteiger partial charge in [-0.3, -0.25) is 0 Å². The maximum absolute atomic E-state index is 13.1. The third-order valence-electron chi connectivity index (χ3n) is 6.53. The minimum absolute atomic E-state index is 0.396. The van der Waals surface area contributed by atoms with Crippen molar-refractivity contribution in [1.29, 1.82) is 0 Å². The predicted octanol–water partition coefficient (Wildman–Crippen LogP) is 8.89. The molecule has 8 heteroatoms. The third-order valence-corrected chi connectivity index (χ3v) is 6.79. The quantitative estimate of drug-likeness (QED) is 0.183. The second-order valence-electron chi connectivity index (χ2n) is 9.34. The molecule has 0 aliphatic heterocycles. The standard InChI is InChI=1S/C33H24ClF3N2O2/c1-41-32(40)26-12-7-23(8-13-26)20-39-21-30(25-14-16-29(34)17-15-25)38-31(39)18-9-22-5-10-24(11-6-22)27-3-2-4-28(19-27)33(35,36)37/h2-19,21H,20H2,1H3/b18-9+. The van der Waals surface area contributed by atoms with E-state index in [2.05, 4.69) is 0 Å². The van der Waals surface area contributed by atoms with Crippen molar-refractivity contribution in [2.75, 3.05) is 7.11 Å². The minimum atomic E-state index is -4.39. The number of hydrogen-bond acceptors (Lipinski definition) is 3. The highest BCUT2D eigenvalue weighted by Gasteiger charge is 2.30. The van der Waals surface area contributed by atoms with Crippen LogP contribution in [0.25, 0.3) is 34.5 Å². The van der Waals surface area contributed by atoms with Gasteiger partial charge in [0.15, 0.2) is 0 Å². The number of nitrogens with zero attached hydrogens (tertiary/aromatic N) is 2. The molecule has 0 N–H and O–H groups in total. The third kappa shape index (κ3) is 6.76. The van der Waals surface area contributed by atoms with Crippen LogP contribution in [0.5, 0.6) is 0 Å². The van der Waals surface area contributed by atoms with Crippen molar-refractivity contribution in [2.24, 2.45) is 0 Å². The summed E-state index contributed by atoms with van der Waals surface area (Å²) in [7, 11) is 1.34. The van der Waals surface area contributed by atoms with Crippen LogP contribution in [-0.2, 0) is 17.5 Å². The Kier molecular flexibility index (Phi) is 8.08. The largest absolute Gasteiger partial charge is 0.465 e. The molecule has 0 fully saturated rings. The Hall–Kier alpha value is -4.62. The average molecular weight is 573 g/mol. The van der Waals surface area contributed by atoms with Crippen molar-refractivity contribution >= 4 is 29.7 Å². The van der Waals surface area contributed by atoms with E-state index in [1.165, 1.54) is 13.2 Å². The topological polar surface area (TPSA) is 44.1 Å². The monoisotopic (exact) mass is 572 g/mol. The summed E-state index contributed by atoms with van der Waals surface area (Å²) in [5.74, 6) is 0.306. The number of carbonyl (C=O) groups is 1. The zero-order valence-corrected chi connectivity index (χ0v) is 22.7. The molecule has 0 atom stereocenters. The fourth-order valence-corrected chi connectivity index (χ4v) is 4.47. The maximum Gasteiger partial charge on any atom is 0.416 e. The zero-order chi connectivity index (χ0) is 29.0. The summed E-state index contributed by atoms with van der Waals surface area (Å²) < 4.78 is 46.2. The summed E-state index contributed by atoms with van der Waals surface area (Å²) in [6.45, 7) is 0.510. The van der Waals surface area contributed by atoms with Gasteiger partial charge >= 0.3 is 12.1 Å². The summed E-state index contributed by atoms with van der Waals surface area (Å²) in [5.41, 5.74) is 4.50. The molecule has 5 rings (SSSR count). The number of alkyl halides is 3. The van der Waals surface area contributed by atoms with E-state index in [-0.39, 0.29) is 0 Å². The summed E-state index contributed by atoms with van der Waals surface area (Å²) in [6.07, 6.45) is 1.35. The number of hydrogen-bond donors (Lipinski definition) is 0. The lowest BCUT2D eigenvalue weighted by atomic mass is 10.0. The summed E-state index contributed by atoms with van der Waals surface area (Å²) in [5, 5.41) is 0.632. The highest BCUT2D eigenvalue weighted by molar-refractivity contribution is 6.30.